The van der Waals surface area contributed by atoms with Crippen molar-refractivity contribution >= 4 is 45.9 Å². The molecular formula is C10H11FN4S2. The molecule has 0 fully saturated rings. The first-order valence-corrected chi connectivity index (χ1v) is 5.47. The summed E-state index contributed by atoms with van der Waals surface area (Å²) in [6, 6.07) is 5.83. The van der Waals surface area contributed by atoms with E-state index < -0.39 is 0 Å². The van der Waals surface area contributed by atoms with Gasteiger partial charge in [0, 0.05) is 5.69 Å². The normalized spacial score (nSPS) is 10.8. The van der Waals surface area contributed by atoms with E-state index in [-0.39, 0.29) is 10.9 Å². The van der Waals surface area contributed by atoms with Gasteiger partial charge in [-0.2, -0.15) is 5.10 Å². The molecule has 0 heterocycles. The van der Waals surface area contributed by atoms with Gasteiger partial charge in [-0.05, 0) is 43.4 Å². The quantitative estimate of drug-likeness (QED) is 0.444. The molecule has 4 nitrogen and oxygen atoms in total. The Morgan fingerprint density at radius 1 is 1.29 bits per heavy atom. The van der Waals surface area contributed by atoms with E-state index in [0.29, 0.717) is 16.4 Å². The van der Waals surface area contributed by atoms with E-state index in [1.807, 2.05) is 0 Å². The van der Waals surface area contributed by atoms with E-state index in [1.54, 1.807) is 19.1 Å². The molecule has 1 aromatic rings. The van der Waals surface area contributed by atoms with Crippen molar-refractivity contribution in [3.63, 3.8) is 0 Å². The number of hydrogen-bond donors (Lipinski definition) is 3. The summed E-state index contributed by atoms with van der Waals surface area (Å²) in [5.41, 5.74) is 8.86. The summed E-state index contributed by atoms with van der Waals surface area (Å²) < 4.78 is 12.7. The molecule has 0 unspecified atom stereocenters. The van der Waals surface area contributed by atoms with Gasteiger partial charge < -0.3 is 11.1 Å². The average Bonchev–Trinajstić information content (AvgIpc) is 2.28. The van der Waals surface area contributed by atoms with Gasteiger partial charge in [0.1, 0.15) is 10.8 Å². The van der Waals surface area contributed by atoms with Crippen LogP contribution in [0.1, 0.15) is 6.92 Å². The van der Waals surface area contributed by atoms with E-state index >= 15 is 0 Å². The lowest BCUT2D eigenvalue weighted by molar-refractivity contribution is 0.628. The number of anilines is 1. The minimum atomic E-state index is -0.304. The molecule has 17 heavy (non-hydrogen) atoms. The van der Waals surface area contributed by atoms with Crippen LogP contribution < -0.4 is 16.5 Å². The molecule has 0 aliphatic heterocycles. The maximum Gasteiger partial charge on any atom is 0.184 e. The zero-order valence-corrected chi connectivity index (χ0v) is 10.7. The van der Waals surface area contributed by atoms with Crippen molar-refractivity contribution in [1.82, 2.24) is 5.43 Å². The second-order valence-corrected chi connectivity index (χ2v) is 3.98. The largest absolute Gasteiger partial charge is 0.375 e. The van der Waals surface area contributed by atoms with Crippen LogP contribution in [0.15, 0.2) is 29.4 Å². The van der Waals surface area contributed by atoms with Crippen molar-refractivity contribution < 1.29 is 4.39 Å². The fraction of sp³-hybridized carbons (Fsp3) is 0.100. The number of nitrogens with zero attached hydrogens (tertiary/aromatic N) is 1. The first kappa shape index (κ1) is 13.5. The van der Waals surface area contributed by atoms with Crippen LogP contribution in [0.3, 0.4) is 0 Å². The van der Waals surface area contributed by atoms with E-state index in [0.717, 1.165) is 0 Å². The molecule has 0 aliphatic rings. The molecule has 0 atom stereocenters. The van der Waals surface area contributed by atoms with Crippen molar-refractivity contribution in [2.45, 2.75) is 6.92 Å². The highest BCUT2D eigenvalue weighted by Gasteiger charge is 2.02. The molecule has 0 amide bonds. The summed E-state index contributed by atoms with van der Waals surface area (Å²) in [6.45, 7) is 1.70. The van der Waals surface area contributed by atoms with E-state index in [9.17, 15) is 4.39 Å². The van der Waals surface area contributed by atoms with Crippen molar-refractivity contribution in [3.05, 3.63) is 30.1 Å². The number of nitrogens with one attached hydrogen (secondary N) is 2. The summed E-state index contributed by atoms with van der Waals surface area (Å²) >= 11 is 9.68. The van der Waals surface area contributed by atoms with Gasteiger partial charge in [-0.15, -0.1) is 0 Å². The maximum absolute atomic E-state index is 12.7. The van der Waals surface area contributed by atoms with Crippen LogP contribution in [0, 0.1) is 5.82 Å². The molecule has 0 radical (unpaired) electrons. The maximum atomic E-state index is 12.7. The van der Waals surface area contributed by atoms with Crippen molar-refractivity contribution in [2.75, 3.05) is 5.32 Å². The third-order valence-corrected chi connectivity index (χ3v) is 2.25. The lowest BCUT2D eigenvalue weighted by Gasteiger charge is -2.07. The number of halogens is 1. The van der Waals surface area contributed by atoms with Crippen LogP contribution in [-0.4, -0.2) is 15.8 Å². The van der Waals surface area contributed by atoms with Crippen LogP contribution in [0.5, 0.6) is 0 Å². The molecule has 1 rings (SSSR count). The van der Waals surface area contributed by atoms with Crippen LogP contribution in [0.2, 0.25) is 0 Å². The lowest BCUT2D eigenvalue weighted by atomic mass is 10.3. The molecule has 7 heteroatoms. The molecule has 90 valence electrons. The van der Waals surface area contributed by atoms with Gasteiger partial charge in [-0.3, -0.25) is 5.43 Å². The molecule has 0 saturated carbocycles. The highest BCUT2D eigenvalue weighted by atomic mass is 32.1. The van der Waals surface area contributed by atoms with Gasteiger partial charge in [0.05, 0.1) is 5.71 Å². The van der Waals surface area contributed by atoms with Gasteiger partial charge >= 0.3 is 0 Å². The van der Waals surface area contributed by atoms with E-state index in [4.69, 9.17) is 18.0 Å². The van der Waals surface area contributed by atoms with Crippen molar-refractivity contribution in [2.24, 2.45) is 10.8 Å². The summed E-state index contributed by atoms with van der Waals surface area (Å²) in [7, 11) is 0. The Balaban J connectivity index is 2.63. The SMILES string of the molecule is C/C(=N\NC(N)=S)C(=S)Nc1ccc(F)cc1. The lowest BCUT2D eigenvalue weighted by Crippen LogP contribution is -2.28. The monoisotopic (exact) mass is 270 g/mol. The fourth-order valence-corrected chi connectivity index (χ4v) is 1.15. The Labute approximate surface area is 109 Å². The molecule has 0 saturated heterocycles. The molecule has 1 aromatic carbocycles. The van der Waals surface area contributed by atoms with Gasteiger partial charge in [0.2, 0.25) is 0 Å². The fourth-order valence-electron chi connectivity index (χ4n) is 0.944. The number of benzene rings is 1. The Morgan fingerprint density at radius 3 is 2.41 bits per heavy atom. The average molecular weight is 270 g/mol. The molecule has 0 bridgehead atoms. The summed E-state index contributed by atoms with van der Waals surface area (Å²) in [5.74, 6) is -0.304. The highest BCUT2D eigenvalue weighted by Crippen LogP contribution is 2.08. The van der Waals surface area contributed by atoms with E-state index in [1.165, 1.54) is 12.1 Å². The second-order valence-electron chi connectivity index (χ2n) is 3.13. The van der Waals surface area contributed by atoms with Gasteiger partial charge in [0.25, 0.3) is 0 Å². The molecular weight excluding hydrogens is 259 g/mol. The van der Waals surface area contributed by atoms with Crippen LogP contribution in [0.4, 0.5) is 10.1 Å². The topological polar surface area (TPSA) is 62.4 Å². The summed E-state index contributed by atoms with van der Waals surface area (Å²) in [4.78, 5) is 0.403. The first-order valence-electron chi connectivity index (χ1n) is 4.65. The highest BCUT2D eigenvalue weighted by molar-refractivity contribution is 7.82. The minimum absolute atomic E-state index is 0.0638. The Bertz CT molecular complexity index is 456. The summed E-state index contributed by atoms with van der Waals surface area (Å²) in [5, 5.41) is 6.83. The number of rotatable bonds is 3. The number of nitrogens with two attached hydrogens (primary N) is 1. The Hall–Kier alpha value is -1.60. The predicted octanol–water partition coefficient (Wildman–Crippen LogP) is 1.77. The second kappa shape index (κ2) is 6.21. The smallest absolute Gasteiger partial charge is 0.184 e. The van der Waals surface area contributed by atoms with Crippen LogP contribution in [-0.2, 0) is 0 Å². The van der Waals surface area contributed by atoms with Crippen molar-refractivity contribution in [1.29, 1.82) is 0 Å². The van der Waals surface area contributed by atoms with Crippen LogP contribution in [0.25, 0.3) is 0 Å². The van der Waals surface area contributed by atoms with Gasteiger partial charge in [0.15, 0.2) is 5.11 Å². The summed E-state index contributed by atoms with van der Waals surface area (Å²) in [6.07, 6.45) is 0. The van der Waals surface area contributed by atoms with Crippen LogP contribution >= 0.6 is 24.4 Å². The predicted molar refractivity (Wildman–Crippen MR) is 75.7 cm³/mol. The Morgan fingerprint density at radius 2 is 1.88 bits per heavy atom. The standard InChI is InChI=1S/C10H11FN4S2/c1-6(14-15-10(12)17)9(16)13-8-4-2-7(11)3-5-8/h2-5H,1H3,(H,13,16)(H3,12,15,17)/b14-6+. The third kappa shape index (κ3) is 4.83. The Kier molecular flexibility index (Phi) is 4.92. The molecule has 0 aromatic heterocycles. The minimum Gasteiger partial charge on any atom is -0.375 e. The number of thiocarbonyl (C=S) groups is 2. The molecule has 4 N–H and O–H groups in total. The first-order chi connectivity index (χ1) is 7.99. The third-order valence-electron chi connectivity index (χ3n) is 1.76. The van der Waals surface area contributed by atoms with Gasteiger partial charge in [-0.25, -0.2) is 4.39 Å². The van der Waals surface area contributed by atoms with E-state index in [2.05, 4.69) is 28.1 Å². The zero-order valence-electron chi connectivity index (χ0n) is 9.03. The number of hydrazone groups is 1. The van der Waals surface area contributed by atoms with Crippen molar-refractivity contribution in [3.8, 4) is 0 Å². The molecule has 0 spiro atoms. The zero-order chi connectivity index (χ0) is 12.8. The number of hydrogen-bond acceptors (Lipinski definition) is 3. The van der Waals surface area contributed by atoms with Gasteiger partial charge in [-0.1, -0.05) is 12.2 Å². The molecule has 0 aliphatic carbocycles.